The Bertz CT molecular complexity index is 692. The van der Waals surface area contributed by atoms with Gasteiger partial charge in [-0.3, -0.25) is 0 Å². The average Bonchev–Trinajstić information content (AvgIpc) is 2.89. The Kier molecular flexibility index (Phi) is 9.54. The number of rotatable bonds is 1. The molecule has 1 amide bonds. The van der Waals surface area contributed by atoms with Crippen LogP contribution in [0.15, 0.2) is 24.4 Å². The fourth-order valence-corrected chi connectivity index (χ4v) is 3.34. The molecule has 164 valence electrons. The van der Waals surface area contributed by atoms with Gasteiger partial charge in [0.15, 0.2) is 0 Å². The first-order valence-electron chi connectivity index (χ1n) is 10.9. The third-order valence-corrected chi connectivity index (χ3v) is 4.56. The molecule has 0 atom stereocenters. The average molecular weight is 405 g/mol. The van der Waals surface area contributed by atoms with Crippen LogP contribution >= 0.6 is 0 Å². The summed E-state index contributed by atoms with van der Waals surface area (Å²) in [5, 5.41) is 0. The van der Waals surface area contributed by atoms with E-state index in [1.54, 1.807) is 0 Å². The largest absolute Gasteiger partial charge is 0.490 e. The van der Waals surface area contributed by atoms with Crippen molar-refractivity contribution in [1.82, 2.24) is 4.90 Å². The van der Waals surface area contributed by atoms with Crippen LogP contribution in [0.2, 0.25) is 0 Å². The van der Waals surface area contributed by atoms with Crippen molar-refractivity contribution in [3.8, 4) is 5.75 Å². The smallest absolute Gasteiger partial charge is 0.410 e. The molecule has 0 saturated carbocycles. The molecule has 0 unspecified atom stereocenters. The second-order valence-electron chi connectivity index (χ2n) is 7.79. The zero-order valence-electron chi connectivity index (χ0n) is 19.7. The normalized spacial score (nSPS) is 15.2. The molecular weight excluding hydrogens is 364 g/mol. The molecule has 0 N–H and O–H groups in total. The van der Waals surface area contributed by atoms with Gasteiger partial charge in [-0.1, -0.05) is 34.3 Å². The van der Waals surface area contributed by atoms with Crippen LogP contribution < -0.4 is 9.64 Å². The van der Waals surface area contributed by atoms with E-state index >= 15 is 0 Å². The highest BCUT2D eigenvalue weighted by Crippen LogP contribution is 2.37. The highest BCUT2D eigenvalue weighted by atomic mass is 16.6. The van der Waals surface area contributed by atoms with E-state index in [0.717, 1.165) is 36.5 Å². The molecule has 2 aliphatic heterocycles. The van der Waals surface area contributed by atoms with E-state index in [4.69, 9.17) is 9.47 Å². The number of carbonyl (C=O) groups is 1. The number of hydrogen-bond donors (Lipinski definition) is 0. The Morgan fingerprint density at radius 1 is 1.03 bits per heavy atom. The summed E-state index contributed by atoms with van der Waals surface area (Å²) in [5.74, 6) is 0.915. The van der Waals surface area contributed by atoms with Crippen LogP contribution in [0.1, 0.15) is 66.5 Å². The molecule has 0 bridgehead atoms. The fraction of sp³-hybridized carbons (Fsp3) is 0.625. The molecule has 0 spiro atoms. The molecule has 0 radical (unpaired) electrons. The number of amides is 1. The van der Waals surface area contributed by atoms with Gasteiger partial charge in [-0.25, -0.2) is 4.79 Å². The zero-order chi connectivity index (χ0) is 22.2. The van der Waals surface area contributed by atoms with Gasteiger partial charge in [0.1, 0.15) is 18.0 Å². The zero-order valence-corrected chi connectivity index (χ0v) is 19.7. The van der Waals surface area contributed by atoms with Crippen molar-refractivity contribution in [3.05, 3.63) is 35.5 Å². The minimum Gasteiger partial charge on any atom is -0.490 e. The third-order valence-electron chi connectivity index (χ3n) is 4.56. The molecule has 29 heavy (non-hydrogen) atoms. The van der Waals surface area contributed by atoms with E-state index < -0.39 is 5.60 Å². The van der Waals surface area contributed by atoms with E-state index in [2.05, 4.69) is 23.6 Å². The van der Waals surface area contributed by atoms with Crippen molar-refractivity contribution in [2.45, 2.75) is 73.8 Å². The number of ether oxygens (including phenoxy) is 2. The highest BCUT2D eigenvalue weighted by molar-refractivity contribution is 5.69. The van der Waals surface area contributed by atoms with Gasteiger partial charge in [-0.15, -0.1) is 0 Å². The lowest BCUT2D eigenvalue weighted by Gasteiger charge is -2.32. The number of nitrogens with zero attached hydrogens (tertiary/aromatic N) is 2. The minimum atomic E-state index is -0.467. The van der Waals surface area contributed by atoms with Gasteiger partial charge in [0.25, 0.3) is 0 Å². The number of allylic oxidation sites excluding steroid dienone is 1. The standard InChI is InChI=1S/C20H28N2O3.2C2H6/c1-14(2)22-10-11-24-18-13-16-7-9-21(19(23)25-20(3,4)5)8-6-15(16)12-17(18)22;2*1-2/h12-13H,1,6-11H2,2-5H3;2*1-2H3. The molecule has 5 heteroatoms. The van der Waals surface area contributed by atoms with Crippen molar-refractivity contribution < 1.29 is 14.3 Å². The quantitative estimate of drug-likeness (QED) is 0.592. The Labute approximate surface area is 177 Å². The molecule has 0 aliphatic carbocycles. The lowest BCUT2D eigenvalue weighted by molar-refractivity contribution is 0.0258. The van der Waals surface area contributed by atoms with Gasteiger partial charge < -0.3 is 19.3 Å². The molecule has 1 aromatic carbocycles. The number of carbonyl (C=O) groups excluding carboxylic acids is 1. The third kappa shape index (κ3) is 6.69. The Morgan fingerprint density at radius 2 is 1.59 bits per heavy atom. The molecule has 2 heterocycles. The van der Waals surface area contributed by atoms with Crippen LogP contribution in [-0.2, 0) is 17.6 Å². The summed E-state index contributed by atoms with van der Waals surface area (Å²) in [5.41, 5.74) is 4.18. The summed E-state index contributed by atoms with van der Waals surface area (Å²) in [6, 6.07) is 4.34. The fourth-order valence-electron chi connectivity index (χ4n) is 3.34. The van der Waals surface area contributed by atoms with Crippen molar-refractivity contribution in [2.75, 3.05) is 31.1 Å². The summed E-state index contributed by atoms with van der Waals surface area (Å²) in [4.78, 5) is 16.4. The van der Waals surface area contributed by atoms with Gasteiger partial charge in [-0.05, 0) is 63.8 Å². The maximum Gasteiger partial charge on any atom is 0.410 e. The van der Waals surface area contributed by atoms with Crippen LogP contribution in [0, 0.1) is 0 Å². The van der Waals surface area contributed by atoms with Gasteiger partial charge >= 0.3 is 6.09 Å². The second kappa shape index (κ2) is 11.1. The summed E-state index contributed by atoms with van der Waals surface area (Å²) < 4.78 is 11.4. The molecule has 2 aliphatic rings. The highest BCUT2D eigenvalue weighted by Gasteiger charge is 2.26. The van der Waals surface area contributed by atoms with Crippen LogP contribution in [0.3, 0.4) is 0 Å². The number of hydrogen-bond acceptors (Lipinski definition) is 4. The second-order valence-corrected chi connectivity index (χ2v) is 7.79. The Hall–Kier alpha value is -2.17. The monoisotopic (exact) mass is 404 g/mol. The van der Waals surface area contributed by atoms with E-state index in [1.165, 1.54) is 11.1 Å². The Morgan fingerprint density at radius 3 is 2.10 bits per heavy atom. The summed E-state index contributed by atoms with van der Waals surface area (Å²) in [6.45, 7) is 22.6. The Balaban J connectivity index is 0.000000989. The van der Waals surface area contributed by atoms with Crippen molar-refractivity contribution in [2.24, 2.45) is 0 Å². The maximum absolute atomic E-state index is 12.4. The van der Waals surface area contributed by atoms with Crippen molar-refractivity contribution >= 4 is 11.8 Å². The van der Waals surface area contributed by atoms with E-state index in [1.807, 2.05) is 60.3 Å². The summed E-state index contributed by atoms with van der Waals surface area (Å²) in [7, 11) is 0. The number of benzene rings is 1. The SMILES string of the molecule is C=C(C)N1CCOc2cc3c(cc21)CCN(C(=O)OC(C)(C)C)CC3.CC.CC. The molecule has 0 saturated heterocycles. The molecular formula is C24H40N2O3. The number of anilines is 1. The van der Waals surface area contributed by atoms with Gasteiger partial charge in [-0.2, -0.15) is 0 Å². The van der Waals surface area contributed by atoms with E-state index in [0.29, 0.717) is 19.7 Å². The van der Waals surface area contributed by atoms with Crippen LogP contribution in [0.25, 0.3) is 0 Å². The van der Waals surface area contributed by atoms with Crippen molar-refractivity contribution in [1.29, 1.82) is 0 Å². The summed E-state index contributed by atoms with van der Waals surface area (Å²) in [6.07, 6.45) is 1.41. The van der Waals surface area contributed by atoms with Gasteiger partial charge in [0.05, 0.1) is 12.2 Å². The minimum absolute atomic E-state index is 0.232. The molecule has 0 aromatic heterocycles. The maximum atomic E-state index is 12.4. The van der Waals surface area contributed by atoms with Crippen molar-refractivity contribution in [3.63, 3.8) is 0 Å². The summed E-state index contributed by atoms with van der Waals surface area (Å²) >= 11 is 0. The van der Waals surface area contributed by atoms with E-state index in [9.17, 15) is 4.79 Å². The van der Waals surface area contributed by atoms with Crippen LogP contribution in [0.5, 0.6) is 5.75 Å². The predicted molar refractivity (Wildman–Crippen MR) is 122 cm³/mol. The molecule has 5 nitrogen and oxygen atoms in total. The first-order chi connectivity index (χ1) is 13.7. The molecule has 3 rings (SSSR count). The first-order valence-corrected chi connectivity index (χ1v) is 10.9. The van der Waals surface area contributed by atoms with Gasteiger partial charge in [0.2, 0.25) is 0 Å². The van der Waals surface area contributed by atoms with Crippen LogP contribution in [0.4, 0.5) is 10.5 Å². The lowest BCUT2D eigenvalue weighted by Crippen LogP contribution is -2.38. The van der Waals surface area contributed by atoms with Crippen LogP contribution in [-0.4, -0.2) is 42.8 Å². The lowest BCUT2D eigenvalue weighted by atomic mass is 10.0. The first kappa shape index (κ1) is 24.9. The van der Waals surface area contributed by atoms with E-state index in [-0.39, 0.29) is 6.09 Å². The van der Waals surface area contributed by atoms with Gasteiger partial charge in [0, 0.05) is 18.8 Å². The molecule has 1 aromatic rings. The molecule has 0 fully saturated rings. The topological polar surface area (TPSA) is 42.0 Å². The predicted octanol–water partition coefficient (Wildman–Crippen LogP) is 5.81. The number of fused-ring (bicyclic) bond motifs is 2.